The van der Waals surface area contributed by atoms with Gasteiger partial charge in [0, 0.05) is 0 Å². The van der Waals surface area contributed by atoms with Gasteiger partial charge in [0.1, 0.15) is 0 Å². The van der Waals surface area contributed by atoms with E-state index in [1.54, 1.807) is 0 Å². The first-order valence-corrected chi connectivity index (χ1v) is 3.97. The van der Waals surface area contributed by atoms with E-state index in [9.17, 15) is 5.11 Å². The van der Waals surface area contributed by atoms with Crippen LogP contribution in [-0.2, 0) is 0 Å². The average Bonchev–Trinajstić information content (AvgIpc) is 1.97. The van der Waals surface area contributed by atoms with E-state index < -0.39 is 0 Å². The van der Waals surface area contributed by atoms with E-state index in [0.717, 1.165) is 18.8 Å². The van der Waals surface area contributed by atoms with E-state index in [4.69, 9.17) is 0 Å². The first-order chi connectivity index (χ1) is 4.29. The van der Waals surface area contributed by atoms with Gasteiger partial charge in [0.05, 0.1) is 6.10 Å². The summed E-state index contributed by atoms with van der Waals surface area (Å²) < 4.78 is 0. The first-order valence-electron chi connectivity index (χ1n) is 3.97. The molecule has 0 bridgehead atoms. The Morgan fingerprint density at radius 2 is 1.89 bits per heavy atom. The van der Waals surface area contributed by atoms with Gasteiger partial charge in [-0.05, 0) is 25.2 Å². The van der Waals surface area contributed by atoms with Crippen LogP contribution >= 0.6 is 0 Å². The van der Waals surface area contributed by atoms with Gasteiger partial charge in [-0.2, -0.15) is 0 Å². The van der Waals surface area contributed by atoms with Crippen molar-refractivity contribution < 1.29 is 5.11 Å². The fourth-order valence-electron chi connectivity index (χ4n) is 1.47. The maximum Gasteiger partial charge on any atom is 0.0540 e. The third-order valence-corrected chi connectivity index (χ3v) is 2.23. The minimum atomic E-state index is 0.00921. The summed E-state index contributed by atoms with van der Waals surface area (Å²) in [6.07, 6.45) is 5.83. The summed E-state index contributed by atoms with van der Waals surface area (Å²) in [7, 11) is 0. The van der Waals surface area contributed by atoms with E-state index in [1.165, 1.54) is 19.3 Å². The molecule has 1 heteroatoms. The molecule has 1 aliphatic carbocycles. The van der Waals surface area contributed by atoms with Crippen LogP contribution in [-0.4, -0.2) is 11.2 Å². The van der Waals surface area contributed by atoms with Crippen LogP contribution in [0.3, 0.4) is 0 Å². The molecule has 0 aliphatic heterocycles. The molecule has 1 rings (SSSR count). The molecule has 0 heterocycles. The summed E-state index contributed by atoms with van der Waals surface area (Å²) in [5.74, 6) is 0.849. The highest BCUT2D eigenvalue weighted by atomic mass is 16.3. The second-order valence-electron chi connectivity index (χ2n) is 3.27. The van der Waals surface area contributed by atoms with E-state index in [1.807, 2.05) is 0 Å². The molecule has 0 unspecified atom stereocenters. The fraction of sp³-hybridized carbons (Fsp3) is 1.00. The second kappa shape index (κ2) is 3.21. The van der Waals surface area contributed by atoms with Crippen molar-refractivity contribution in [3.8, 4) is 0 Å². The highest BCUT2D eigenvalue weighted by molar-refractivity contribution is 4.65. The molecule has 1 aliphatic rings. The van der Waals surface area contributed by atoms with Gasteiger partial charge in [-0.25, -0.2) is 0 Å². The third-order valence-electron chi connectivity index (χ3n) is 2.23. The van der Waals surface area contributed by atoms with Crippen molar-refractivity contribution in [2.45, 2.75) is 45.1 Å². The molecule has 0 aromatic heterocycles. The zero-order valence-electron chi connectivity index (χ0n) is 6.14. The maximum atomic E-state index is 9.21. The smallest absolute Gasteiger partial charge is 0.0540 e. The van der Waals surface area contributed by atoms with Crippen LogP contribution in [0.25, 0.3) is 0 Å². The van der Waals surface area contributed by atoms with E-state index >= 15 is 0 Å². The monoisotopic (exact) mass is 128 g/mol. The molecule has 0 aromatic rings. The zero-order valence-corrected chi connectivity index (χ0v) is 6.14. The van der Waals surface area contributed by atoms with Gasteiger partial charge in [-0.15, -0.1) is 0 Å². The molecule has 0 amide bonds. The average molecular weight is 128 g/mol. The zero-order chi connectivity index (χ0) is 6.69. The number of aliphatic hydroxyl groups excluding tert-OH is 1. The molecule has 1 nitrogen and oxygen atoms in total. The van der Waals surface area contributed by atoms with Gasteiger partial charge in [0.25, 0.3) is 0 Å². The summed E-state index contributed by atoms with van der Waals surface area (Å²) in [6, 6.07) is 0. The van der Waals surface area contributed by atoms with Crippen LogP contribution in [0.15, 0.2) is 0 Å². The number of hydrogen-bond acceptors (Lipinski definition) is 1. The molecule has 0 saturated heterocycles. The van der Waals surface area contributed by atoms with E-state index in [2.05, 4.69) is 6.92 Å². The first kappa shape index (κ1) is 7.07. The lowest BCUT2D eigenvalue weighted by molar-refractivity contribution is 0.156. The molecule has 9 heavy (non-hydrogen) atoms. The maximum absolute atomic E-state index is 9.21. The molecule has 1 saturated carbocycles. The molecule has 1 fully saturated rings. The molecule has 54 valence electrons. The number of rotatable bonds is 0. The van der Waals surface area contributed by atoms with E-state index in [0.29, 0.717) is 0 Å². The van der Waals surface area contributed by atoms with Crippen molar-refractivity contribution in [2.75, 3.05) is 0 Å². The Hall–Kier alpha value is -0.0400. The van der Waals surface area contributed by atoms with Crippen molar-refractivity contribution in [1.29, 1.82) is 0 Å². The van der Waals surface area contributed by atoms with Gasteiger partial charge >= 0.3 is 0 Å². The van der Waals surface area contributed by atoms with Crippen LogP contribution in [0.4, 0.5) is 0 Å². The Kier molecular flexibility index (Phi) is 2.52. The molecule has 2 atom stereocenters. The van der Waals surface area contributed by atoms with Crippen LogP contribution < -0.4 is 0 Å². The predicted octanol–water partition coefficient (Wildman–Crippen LogP) is 1.95. The Morgan fingerprint density at radius 1 is 1.11 bits per heavy atom. The van der Waals surface area contributed by atoms with Crippen LogP contribution in [0.1, 0.15) is 39.0 Å². The molecular weight excluding hydrogens is 112 g/mol. The van der Waals surface area contributed by atoms with Crippen molar-refractivity contribution in [3.05, 3.63) is 0 Å². The van der Waals surface area contributed by atoms with Crippen LogP contribution in [0.2, 0.25) is 0 Å². The van der Waals surface area contributed by atoms with E-state index in [-0.39, 0.29) is 6.10 Å². The predicted molar refractivity (Wildman–Crippen MR) is 38.3 cm³/mol. The summed E-state index contributed by atoms with van der Waals surface area (Å²) in [5, 5.41) is 9.21. The Bertz CT molecular complexity index is 70.6. The minimum absolute atomic E-state index is 0.00921. The fourth-order valence-corrected chi connectivity index (χ4v) is 1.47. The van der Waals surface area contributed by atoms with Crippen molar-refractivity contribution in [3.63, 3.8) is 0 Å². The lowest BCUT2D eigenvalue weighted by atomic mass is 10.0. The SMILES string of the molecule is C[C@@H]1CCC[C@@H](O)CC1. The largest absolute Gasteiger partial charge is 0.393 e. The Morgan fingerprint density at radius 3 is 2.67 bits per heavy atom. The molecule has 0 spiro atoms. The van der Waals surface area contributed by atoms with Gasteiger partial charge < -0.3 is 5.11 Å². The van der Waals surface area contributed by atoms with Crippen molar-refractivity contribution >= 4 is 0 Å². The second-order valence-corrected chi connectivity index (χ2v) is 3.27. The highest BCUT2D eigenvalue weighted by Crippen LogP contribution is 2.21. The summed E-state index contributed by atoms with van der Waals surface area (Å²) in [5.41, 5.74) is 0. The van der Waals surface area contributed by atoms with Crippen LogP contribution in [0.5, 0.6) is 0 Å². The van der Waals surface area contributed by atoms with Gasteiger partial charge in [0.2, 0.25) is 0 Å². The highest BCUT2D eigenvalue weighted by Gasteiger charge is 2.12. The summed E-state index contributed by atoms with van der Waals surface area (Å²) in [4.78, 5) is 0. The molecular formula is C8H16O. The van der Waals surface area contributed by atoms with Crippen molar-refractivity contribution in [2.24, 2.45) is 5.92 Å². The summed E-state index contributed by atoms with van der Waals surface area (Å²) in [6.45, 7) is 2.28. The lowest BCUT2D eigenvalue weighted by Crippen LogP contribution is -2.02. The Balaban J connectivity index is 2.25. The number of hydrogen-bond donors (Lipinski definition) is 1. The molecule has 0 aromatic carbocycles. The molecule has 0 radical (unpaired) electrons. The molecule has 1 N–H and O–H groups in total. The summed E-state index contributed by atoms with van der Waals surface area (Å²) >= 11 is 0. The number of aliphatic hydroxyl groups is 1. The van der Waals surface area contributed by atoms with Gasteiger partial charge in [-0.1, -0.05) is 19.8 Å². The standard InChI is InChI=1S/C8H16O/c1-7-3-2-4-8(9)6-5-7/h7-9H,2-6H2,1H3/t7-,8-/m1/s1. The van der Waals surface area contributed by atoms with Crippen LogP contribution in [0, 0.1) is 5.92 Å². The normalized spacial score (nSPS) is 38.0. The van der Waals surface area contributed by atoms with Gasteiger partial charge in [-0.3, -0.25) is 0 Å². The minimum Gasteiger partial charge on any atom is -0.393 e. The Labute approximate surface area is 57.1 Å². The quantitative estimate of drug-likeness (QED) is 0.494. The lowest BCUT2D eigenvalue weighted by Gasteiger charge is -2.04. The third kappa shape index (κ3) is 2.35. The topological polar surface area (TPSA) is 20.2 Å². The van der Waals surface area contributed by atoms with Gasteiger partial charge in [0.15, 0.2) is 0 Å². The van der Waals surface area contributed by atoms with Crippen molar-refractivity contribution in [1.82, 2.24) is 0 Å².